The molecule has 1 atom stereocenters. The molecule has 0 aromatic rings. The summed E-state index contributed by atoms with van der Waals surface area (Å²) in [5.41, 5.74) is 0. The third-order valence-electron chi connectivity index (χ3n) is 4.30. The van der Waals surface area contributed by atoms with Crippen molar-refractivity contribution in [2.24, 2.45) is 5.92 Å². The summed E-state index contributed by atoms with van der Waals surface area (Å²) < 4.78 is 10.8. The van der Waals surface area contributed by atoms with E-state index >= 15 is 0 Å². The van der Waals surface area contributed by atoms with Gasteiger partial charge in [-0.1, -0.05) is 38.5 Å². The molecule has 2 fully saturated rings. The van der Waals surface area contributed by atoms with Crippen molar-refractivity contribution in [3.05, 3.63) is 0 Å². The maximum Gasteiger partial charge on any atom is 0.0603 e. The Labute approximate surface area is 120 Å². The summed E-state index contributed by atoms with van der Waals surface area (Å²) in [6.07, 6.45) is 14.7. The number of rotatable bonds is 3. The zero-order chi connectivity index (χ0) is 13.8. The smallest absolute Gasteiger partial charge is 0.0603 e. The van der Waals surface area contributed by atoms with Gasteiger partial charge in [-0.05, 0) is 45.4 Å². The predicted octanol–water partition coefficient (Wildman–Crippen LogP) is 4.96. The Morgan fingerprint density at radius 3 is 1.95 bits per heavy atom. The van der Waals surface area contributed by atoms with E-state index in [2.05, 4.69) is 0 Å². The summed E-state index contributed by atoms with van der Waals surface area (Å²) in [5.74, 6) is 0.899. The number of hydrogen-bond donors (Lipinski definition) is 0. The van der Waals surface area contributed by atoms with Crippen LogP contribution in [-0.4, -0.2) is 25.9 Å². The molecule has 0 N–H and O–H groups in total. The summed E-state index contributed by atoms with van der Waals surface area (Å²) in [6.45, 7) is 6.70. The molecular weight excluding hydrogens is 236 g/mol. The highest BCUT2D eigenvalue weighted by molar-refractivity contribution is 4.75. The zero-order valence-corrected chi connectivity index (χ0v) is 13.2. The van der Waals surface area contributed by atoms with Gasteiger partial charge in [0.2, 0.25) is 0 Å². The summed E-state index contributed by atoms with van der Waals surface area (Å²) in [7, 11) is 0. The first-order valence-corrected chi connectivity index (χ1v) is 8.57. The Morgan fingerprint density at radius 1 is 0.789 bits per heavy atom. The quantitative estimate of drug-likeness (QED) is 0.675. The van der Waals surface area contributed by atoms with E-state index in [0.29, 0.717) is 6.10 Å². The molecule has 1 heterocycles. The lowest BCUT2D eigenvalue weighted by atomic mass is 9.91. The van der Waals surface area contributed by atoms with Crippen LogP contribution in [0, 0.1) is 5.92 Å². The van der Waals surface area contributed by atoms with Crippen LogP contribution in [-0.2, 0) is 9.47 Å². The van der Waals surface area contributed by atoms with Gasteiger partial charge in [0, 0.05) is 19.8 Å². The average molecular weight is 270 g/mol. The fourth-order valence-corrected chi connectivity index (χ4v) is 3.20. The second kappa shape index (κ2) is 11.7. The molecule has 2 aliphatic rings. The molecule has 2 nitrogen and oxygen atoms in total. The standard InChI is InChI=1S/C13H24O.C4H10O/c1-2-5-9-12(8-4-1)13-10-6-3-7-11-14-13;1-3-5-4-2/h12-13H,1-11H2;3-4H2,1-2H3. The highest BCUT2D eigenvalue weighted by Crippen LogP contribution is 2.30. The molecule has 114 valence electrons. The van der Waals surface area contributed by atoms with E-state index in [1.165, 1.54) is 64.2 Å². The zero-order valence-electron chi connectivity index (χ0n) is 13.2. The molecule has 1 saturated heterocycles. The number of hydrogen-bond acceptors (Lipinski definition) is 2. The second-order valence-electron chi connectivity index (χ2n) is 5.79. The van der Waals surface area contributed by atoms with E-state index in [1.54, 1.807) is 0 Å². The van der Waals surface area contributed by atoms with Gasteiger partial charge in [0.25, 0.3) is 0 Å². The summed E-state index contributed by atoms with van der Waals surface area (Å²) in [6, 6.07) is 0. The lowest BCUT2D eigenvalue weighted by Gasteiger charge is -2.24. The van der Waals surface area contributed by atoms with Crippen LogP contribution in [0.4, 0.5) is 0 Å². The van der Waals surface area contributed by atoms with Gasteiger partial charge in [0.15, 0.2) is 0 Å². The minimum Gasteiger partial charge on any atom is -0.382 e. The van der Waals surface area contributed by atoms with Gasteiger partial charge in [-0.2, -0.15) is 0 Å². The summed E-state index contributed by atoms with van der Waals surface area (Å²) in [5, 5.41) is 0. The second-order valence-corrected chi connectivity index (χ2v) is 5.79. The van der Waals surface area contributed by atoms with Crippen molar-refractivity contribution in [2.45, 2.75) is 84.2 Å². The molecule has 1 unspecified atom stereocenters. The Morgan fingerprint density at radius 2 is 1.37 bits per heavy atom. The monoisotopic (exact) mass is 270 g/mol. The molecule has 2 rings (SSSR count). The molecule has 0 bridgehead atoms. The predicted molar refractivity (Wildman–Crippen MR) is 81.6 cm³/mol. The van der Waals surface area contributed by atoms with E-state index in [-0.39, 0.29) is 0 Å². The molecule has 1 aliphatic heterocycles. The van der Waals surface area contributed by atoms with Crippen molar-refractivity contribution >= 4 is 0 Å². The Balaban J connectivity index is 0.000000312. The van der Waals surface area contributed by atoms with Crippen molar-refractivity contribution in [3.8, 4) is 0 Å². The third kappa shape index (κ3) is 7.94. The molecule has 0 spiro atoms. The average Bonchev–Trinajstić information content (AvgIpc) is 2.85. The van der Waals surface area contributed by atoms with Crippen molar-refractivity contribution < 1.29 is 9.47 Å². The van der Waals surface area contributed by atoms with Crippen LogP contribution in [0.3, 0.4) is 0 Å². The minimum absolute atomic E-state index is 0.621. The van der Waals surface area contributed by atoms with Crippen LogP contribution in [0.2, 0.25) is 0 Å². The molecule has 0 aromatic heterocycles. The lowest BCUT2D eigenvalue weighted by Crippen LogP contribution is -2.23. The molecule has 0 aromatic carbocycles. The third-order valence-corrected chi connectivity index (χ3v) is 4.30. The van der Waals surface area contributed by atoms with Gasteiger partial charge < -0.3 is 9.47 Å². The maximum atomic E-state index is 6.00. The Kier molecular flexibility index (Phi) is 10.5. The van der Waals surface area contributed by atoms with Crippen LogP contribution >= 0.6 is 0 Å². The minimum atomic E-state index is 0.621. The first-order valence-electron chi connectivity index (χ1n) is 8.57. The van der Waals surface area contributed by atoms with Gasteiger partial charge in [0.05, 0.1) is 6.10 Å². The van der Waals surface area contributed by atoms with Crippen LogP contribution in [0.15, 0.2) is 0 Å². The van der Waals surface area contributed by atoms with Crippen LogP contribution in [0.5, 0.6) is 0 Å². The summed E-state index contributed by atoms with van der Waals surface area (Å²) >= 11 is 0. The molecular formula is C17H34O2. The number of ether oxygens (including phenoxy) is 2. The Hall–Kier alpha value is -0.0800. The van der Waals surface area contributed by atoms with Gasteiger partial charge in [-0.25, -0.2) is 0 Å². The van der Waals surface area contributed by atoms with Crippen LogP contribution in [0.1, 0.15) is 78.1 Å². The molecule has 0 amide bonds. The largest absolute Gasteiger partial charge is 0.382 e. The van der Waals surface area contributed by atoms with Gasteiger partial charge >= 0.3 is 0 Å². The highest BCUT2D eigenvalue weighted by Gasteiger charge is 2.24. The molecule has 0 radical (unpaired) electrons. The van der Waals surface area contributed by atoms with E-state index in [0.717, 1.165) is 25.7 Å². The van der Waals surface area contributed by atoms with E-state index in [1.807, 2.05) is 13.8 Å². The molecule has 1 aliphatic carbocycles. The van der Waals surface area contributed by atoms with Crippen molar-refractivity contribution in [1.82, 2.24) is 0 Å². The van der Waals surface area contributed by atoms with Crippen LogP contribution in [0.25, 0.3) is 0 Å². The SMILES string of the molecule is C1CCCC(C2CCCCCO2)CC1.CCOCC. The first kappa shape index (κ1) is 17.0. The van der Waals surface area contributed by atoms with Crippen molar-refractivity contribution in [3.63, 3.8) is 0 Å². The molecule has 2 heteroatoms. The van der Waals surface area contributed by atoms with Crippen molar-refractivity contribution in [2.75, 3.05) is 19.8 Å². The van der Waals surface area contributed by atoms with Gasteiger partial charge in [0.1, 0.15) is 0 Å². The van der Waals surface area contributed by atoms with E-state index in [9.17, 15) is 0 Å². The normalized spacial score (nSPS) is 25.9. The fourth-order valence-electron chi connectivity index (χ4n) is 3.20. The molecule has 1 saturated carbocycles. The lowest BCUT2D eigenvalue weighted by molar-refractivity contribution is 0.0116. The van der Waals surface area contributed by atoms with Crippen molar-refractivity contribution in [1.29, 1.82) is 0 Å². The van der Waals surface area contributed by atoms with E-state index < -0.39 is 0 Å². The topological polar surface area (TPSA) is 18.5 Å². The van der Waals surface area contributed by atoms with Crippen LogP contribution < -0.4 is 0 Å². The van der Waals surface area contributed by atoms with Gasteiger partial charge in [-0.3, -0.25) is 0 Å². The fraction of sp³-hybridized carbons (Fsp3) is 1.00. The first-order chi connectivity index (χ1) is 9.38. The van der Waals surface area contributed by atoms with Gasteiger partial charge in [-0.15, -0.1) is 0 Å². The van der Waals surface area contributed by atoms with E-state index in [4.69, 9.17) is 9.47 Å². The molecule has 19 heavy (non-hydrogen) atoms. The highest BCUT2D eigenvalue weighted by atomic mass is 16.5. The maximum absolute atomic E-state index is 6.00. The Bertz CT molecular complexity index is 158. The summed E-state index contributed by atoms with van der Waals surface area (Å²) in [4.78, 5) is 0.